The van der Waals surface area contributed by atoms with Crippen LogP contribution in [0.25, 0.3) is 0 Å². The number of nitrogens with two attached hydrogens (primary N) is 1. The maximum Gasteiger partial charge on any atom is 0.148 e. The third-order valence-electron chi connectivity index (χ3n) is 1.91. The first-order valence-corrected chi connectivity index (χ1v) is 5.59. The first-order valence-electron chi connectivity index (χ1n) is 5.59. The third kappa shape index (κ3) is 5.50. The van der Waals surface area contributed by atoms with Gasteiger partial charge >= 0.3 is 0 Å². The van der Waals surface area contributed by atoms with E-state index in [0.29, 0.717) is 11.7 Å². The van der Waals surface area contributed by atoms with Crippen molar-refractivity contribution < 1.29 is 4.74 Å². The second-order valence-electron chi connectivity index (χ2n) is 4.09. The summed E-state index contributed by atoms with van der Waals surface area (Å²) < 4.78 is 5.46. The Bertz CT molecular complexity index is 287. The number of nitrogen functional groups attached to an aromatic ring is 1. The van der Waals surface area contributed by atoms with Gasteiger partial charge in [-0.15, -0.1) is 10.2 Å². The van der Waals surface area contributed by atoms with Crippen LogP contribution in [0.1, 0.15) is 20.3 Å². The summed E-state index contributed by atoms with van der Waals surface area (Å²) in [7, 11) is 0. The normalized spacial score (nSPS) is 10.7. The van der Waals surface area contributed by atoms with E-state index >= 15 is 0 Å². The van der Waals surface area contributed by atoms with Crippen LogP contribution in [0.4, 0.5) is 11.6 Å². The lowest BCUT2D eigenvalue weighted by Crippen LogP contribution is -2.09. The van der Waals surface area contributed by atoms with Gasteiger partial charge in [0.25, 0.3) is 0 Å². The predicted octanol–water partition coefficient (Wildman–Crippen LogP) is 1.53. The zero-order valence-corrected chi connectivity index (χ0v) is 9.94. The molecule has 1 aromatic rings. The van der Waals surface area contributed by atoms with Gasteiger partial charge in [0.15, 0.2) is 0 Å². The summed E-state index contributed by atoms with van der Waals surface area (Å²) in [5.74, 6) is 1.78. The molecular formula is C11H20N4O. The van der Waals surface area contributed by atoms with Crippen LogP contribution in [0, 0.1) is 5.92 Å². The summed E-state index contributed by atoms with van der Waals surface area (Å²) in [5, 5.41) is 10.8. The van der Waals surface area contributed by atoms with Gasteiger partial charge in [0, 0.05) is 19.8 Å². The molecule has 0 saturated carbocycles. The molecule has 3 N–H and O–H groups in total. The fourth-order valence-corrected chi connectivity index (χ4v) is 1.15. The van der Waals surface area contributed by atoms with Gasteiger partial charge in [0.2, 0.25) is 0 Å². The maximum absolute atomic E-state index is 5.46. The highest BCUT2D eigenvalue weighted by atomic mass is 16.5. The Labute approximate surface area is 96.4 Å². The van der Waals surface area contributed by atoms with Crippen molar-refractivity contribution in [1.29, 1.82) is 0 Å². The molecule has 1 heterocycles. The minimum Gasteiger partial charge on any atom is -0.382 e. The number of hydrogen-bond acceptors (Lipinski definition) is 5. The van der Waals surface area contributed by atoms with Crippen LogP contribution in [-0.2, 0) is 4.74 Å². The molecule has 1 aromatic heterocycles. The molecule has 0 aliphatic rings. The Morgan fingerprint density at radius 3 is 2.81 bits per heavy atom. The molecule has 5 heteroatoms. The molecule has 0 saturated heterocycles. The largest absolute Gasteiger partial charge is 0.382 e. The fraction of sp³-hybridized carbons (Fsp3) is 0.636. The standard InChI is InChI=1S/C11H20N4O/c1-9(2)8-16-7-3-6-13-11-5-4-10(12)14-15-11/h4-5,9H,3,6-8H2,1-2H3,(H2,12,14)(H,13,15). The number of nitrogens with zero attached hydrogens (tertiary/aromatic N) is 2. The molecule has 0 aliphatic carbocycles. The molecular weight excluding hydrogens is 204 g/mol. The zero-order chi connectivity index (χ0) is 11.8. The summed E-state index contributed by atoms with van der Waals surface area (Å²) in [6.45, 7) is 6.70. The van der Waals surface area contributed by atoms with E-state index in [0.717, 1.165) is 32.0 Å². The van der Waals surface area contributed by atoms with Crippen LogP contribution in [0.2, 0.25) is 0 Å². The molecule has 5 nitrogen and oxygen atoms in total. The molecule has 90 valence electrons. The molecule has 0 bridgehead atoms. The number of rotatable bonds is 7. The molecule has 1 rings (SSSR count). The lowest BCUT2D eigenvalue weighted by atomic mass is 10.2. The number of ether oxygens (including phenoxy) is 1. The SMILES string of the molecule is CC(C)COCCCNc1ccc(N)nn1. The smallest absolute Gasteiger partial charge is 0.148 e. The second-order valence-corrected chi connectivity index (χ2v) is 4.09. The Balaban J connectivity index is 2.05. The van der Waals surface area contributed by atoms with Crippen LogP contribution >= 0.6 is 0 Å². The molecule has 0 radical (unpaired) electrons. The first-order chi connectivity index (χ1) is 7.68. The maximum atomic E-state index is 5.46. The topological polar surface area (TPSA) is 73.1 Å². The van der Waals surface area contributed by atoms with E-state index in [-0.39, 0.29) is 0 Å². The number of hydrogen-bond donors (Lipinski definition) is 2. The van der Waals surface area contributed by atoms with Crippen LogP contribution in [0.5, 0.6) is 0 Å². The highest BCUT2D eigenvalue weighted by Gasteiger charge is 1.95. The van der Waals surface area contributed by atoms with Gasteiger partial charge in [-0.25, -0.2) is 0 Å². The highest BCUT2D eigenvalue weighted by molar-refractivity contribution is 5.38. The van der Waals surface area contributed by atoms with Gasteiger partial charge in [0.1, 0.15) is 11.6 Å². The van der Waals surface area contributed by atoms with Crippen molar-refractivity contribution in [3.05, 3.63) is 12.1 Å². The summed E-state index contributed by atoms with van der Waals surface area (Å²) in [6, 6.07) is 3.54. The van der Waals surface area contributed by atoms with Crippen molar-refractivity contribution in [2.75, 3.05) is 30.8 Å². The van der Waals surface area contributed by atoms with E-state index in [1.165, 1.54) is 0 Å². The average Bonchev–Trinajstić information content (AvgIpc) is 2.25. The van der Waals surface area contributed by atoms with Gasteiger partial charge in [-0.3, -0.25) is 0 Å². The lowest BCUT2D eigenvalue weighted by Gasteiger charge is -2.07. The average molecular weight is 224 g/mol. The van der Waals surface area contributed by atoms with Gasteiger partial charge in [0.05, 0.1) is 0 Å². The Morgan fingerprint density at radius 2 is 2.19 bits per heavy atom. The monoisotopic (exact) mass is 224 g/mol. The molecule has 0 amide bonds. The Kier molecular flexibility index (Phi) is 5.56. The second kappa shape index (κ2) is 7.00. The van der Waals surface area contributed by atoms with E-state index in [1.54, 1.807) is 6.07 Å². The van der Waals surface area contributed by atoms with Crippen molar-refractivity contribution >= 4 is 11.6 Å². The van der Waals surface area contributed by atoms with Crippen molar-refractivity contribution in [3.63, 3.8) is 0 Å². The number of nitrogens with one attached hydrogen (secondary N) is 1. The summed E-state index contributed by atoms with van der Waals surface area (Å²) >= 11 is 0. The van der Waals surface area contributed by atoms with Gasteiger partial charge in [-0.1, -0.05) is 13.8 Å². The summed E-state index contributed by atoms with van der Waals surface area (Å²) in [6.07, 6.45) is 0.957. The molecule has 0 unspecified atom stereocenters. The quantitative estimate of drug-likeness (QED) is 0.687. The van der Waals surface area contributed by atoms with Crippen LogP contribution in [0.15, 0.2) is 12.1 Å². The zero-order valence-electron chi connectivity index (χ0n) is 9.94. The number of anilines is 2. The van der Waals surface area contributed by atoms with E-state index in [9.17, 15) is 0 Å². The fourth-order valence-electron chi connectivity index (χ4n) is 1.15. The van der Waals surface area contributed by atoms with Crippen molar-refractivity contribution in [2.24, 2.45) is 5.92 Å². The molecule has 0 spiro atoms. The van der Waals surface area contributed by atoms with Crippen molar-refractivity contribution in [1.82, 2.24) is 10.2 Å². The minimum atomic E-state index is 0.436. The Hall–Kier alpha value is -1.36. The van der Waals surface area contributed by atoms with Crippen LogP contribution in [-0.4, -0.2) is 30.0 Å². The lowest BCUT2D eigenvalue weighted by molar-refractivity contribution is 0.110. The minimum absolute atomic E-state index is 0.436. The van der Waals surface area contributed by atoms with Crippen molar-refractivity contribution in [2.45, 2.75) is 20.3 Å². The van der Waals surface area contributed by atoms with Gasteiger partial charge in [-0.05, 0) is 24.5 Å². The van der Waals surface area contributed by atoms with Crippen LogP contribution in [0.3, 0.4) is 0 Å². The number of aromatic nitrogens is 2. The highest BCUT2D eigenvalue weighted by Crippen LogP contribution is 2.02. The molecule has 16 heavy (non-hydrogen) atoms. The summed E-state index contributed by atoms with van der Waals surface area (Å²) in [4.78, 5) is 0. The van der Waals surface area contributed by atoms with E-state index < -0.39 is 0 Å². The first kappa shape index (κ1) is 12.7. The van der Waals surface area contributed by atoms with E-state index in [2.05, 4.69) is 29.4 Å². The van der Waals surface area contributed by atoms with Gasteiger partial charge in [-0.2, -0.15) is 0 Å². The molecule has 0 fully saturated rings. The van der Waals surface area contributed by atoms with Crippen LogP contribution < -0.4 is 11.1 Å². The third-order valence-corrected chi connectivity index (χ3v) is 1.91. The van der Waals surface area contributed by atoms with E-state index in [4.69, 9.17) is 10.5 Å². The van der Waals surface area contributed by atoms with E-state index in [1.807, 2.05) is 6.07 Å². The molecule has 0 atom stereocenters. The Morgan fingerprint density at radius 1 is 1.38 bits per heavy atom. The van der Waals surface area contributed by atoms with Crippen molar-refractivity contribution in [3.8, 4) is 0 Å². The summed E-state index contributed by atoms with van der Waals surface area (Å²) in [5.41, 5.74) is 5.43. The molecule has 0 aromatic carbocycles. The predicted molar refractivity (Wildman–Crippen MR) is 65.2 cm³/mol. The van der Waals surface area contributed by atoms with Gasteiger partial charge < -0.3 is 15.8 Å². The molecule has 0 aliphatic heterocycles.